The van der Waals surface area contributed by atoms with Gasteiger partial charge in [-0.2, -0.15) is 0 Å². The van der Waals surface area contributed by atoms with Crippen molar-refractivity contribution < 1.29 is 9.18 Å². The van der Waals surface area contributed by atoms with E-state index in [2.05, 4.69) is 33.8 Å². The second kappa shape index (κ2) is 9.39. The number of piperazine rings is 1. The molecule has 0 unspecified atom stereocenters. The number of nitrogens with zero attached hydrogens (tertiary/aromatic N) is 3. The highest BCUT2D eigenvalue weighted by Gasteiger charge is 2.19. The molecule has 2 aliphatic heterocycles. The molecular weight excluding hydrogens is 393 g/mol. The number of halogens is 1. The SMILES string of the molecule is CCN1CCN(c2cc(F)c3[nH]ccc3c2)CC1.NC(=O)CN1CCc2ccccc21. The van der Waals surface area contributed by atoms with Crippen molar-refractivity contribution in [3.8, 4) is 0 Å². The Morgan fingerprint density at radius 1 is 1.10 bits per heavy atom. The number of aromatic amines is 1. The molecule has 0 spiro atoms. The minimum atomic E-state index is -0.267. The molecule has 5 rings (SSSR count). The van der Waals surface area contributed by atoms with Crippen LogP contribution >= 0.6 is 0 Å². The summed E-state index contributed by atoms with van der Waals surface area (Å²) in [4.78, 5) is 20.4. The summed E-state index contributed by atoms with van der Waals surface area (Å²) in [6.45, 7) is 8.58. The summed E-state index contributed by atoms with van der Waals surface area (Å²) in [6.07, 6.45) is 2.80. The van der Waals surface area contributed by atoms with Crippen LogP contribution in [0.1, 0.15) is 12.5 Å². The molecule has 0 radical (unpaired) electrons. The topological polar surface area (TPSA) is 68.6 Å². The summed E-state index contributed by atoms with van der Waals surface area (Å²) in [6, 6.07) is 13.8. The number of hydrogen-bond acceptors (Lipinski definition) is 4. The van der Waals surface area contributed by atoms with Gasteiger partial charge in [0, 0.05) is 55.7 Å². The lowest BCUT2D eigenvalue weighted by atomic mass is 10.2. The number of benzene rings is 2. The molecule has 0 bridgehead atoms. The molecule has 3 N–H and O–H groups in total. The molecular formula is C24H30FN5O. The van der Waals surface area contributed by atoms with Gasteiger partial charge in [-0.25, -0.2) is 4.39 Å². The van der Waals surface area contributed by atoms with Gasteiger partial charge in [-0.1, -0.05) is 25.1 Å². The smallest absolute Gasteiger partial charge is 0.236 e. The van der Waals surface area contributed by atoms with E-state index in [0.29, 0.717) is 12.1 Å². The van der Waals surface area contributed by atoms with E-state index in [1.807, 2.05) is 29.2 Å². The standard InChI is InChI=1S/C14H18FN3.C10H12N2O/c1-2-17-5-7-18(8-6-17)12-9-11-3-4-16-14(11)13(15)10-12;11-10(13)7-12-6-5-8-3-1-2-4-9(8)12/h3-4,9-10,16H,2,5-8H2,1H3;1-4H,5-7H2,(H2,11,13). The largest absolute Gasteiger partial charge is 0.369 e. The molecule has 0 atom stereocenters. The van der Waals surface area contributed by atoms with E-state index in [-0.39, 0.29) is 11.7 Å². The van der Waals surface area contributed by atoms with Gasteiger partial charge >= 0.3 is 0 Å². The number of likely N-dealkylation sites (N-methyl/N-ethyl adjacent to an activating group) is 1. The Labute approximate surface area is 182 Å². The number of carbonyl (C=O) groups excluding carboxylic acids is 1. The van der Waals surface area contributed by atoms with E-state index in [4.69, 9.17) is 5.73 Å². The van der Waals surface area contributed by atoms with Crippen LogP contribution in [0.4, 0.5) is 15.8 Å². The van der Waals surface area contributed by atoms with Crippen LogP contribution in [0, 0.1) is 5.82 Å². The van der Waals surface area contributed by atoms with Crippen molar-refractivity contribution >= 4 is 28.2 Å². The Hall–Kier alpha value is -3.06. The van der Waals surface area contributed by atoms with Crippen molar-refractivity contribution in [3.05, 3.63) is 60.0 Å². The van der Waals surface area contributed by atoms with Crippen molar-refractivity contribution in [2.75, 3.05) is 55.6 Å². The van der Waals surface area contributed by atoms with Crippen molar-refractivity contribution in [1.82, 2.24) is 9.88 Å². The van der Waals surface area contributed by atoms with E-state index in [1.165, 1.54) is 5.56 Å². The molecule has 1 amide bonds. The van der Waals surface area contributed by atoms with Gasteiger partial charge in [0.05, 0.1) is 12.1 Å². The molecule has 3 heterocycles. The Morgan fingerprint density at radius 3 is 2.61 bits per heavy atom. The third-order valence-corrected chi connectivity index (χ3v) is 6.11. The highest BCUT2D eigenvalue weighted by molar-refractivity contribution is 5.84. The van der Waals surface area contributed by atoms with Crippen LogP contribution < -0.4 is 15.5 Å². The number of carbonyl (C=O) groups is 1. The monoisotopic (exact) mass is 423 g/mol. The van der Waals surface area contributed by atoms with E-state index >= 15 is 0 Å². The molecule has 2 aromatic carbocycles. The lowest BCUT2D eigenvalue weighted by molar-refractivity contribution is -0.116. The first-order valence-corrected chi connectivity index (χ1v) is 10.9. The Bertz CT molecular complexity index is 1040. The molecule has 0 aliphatic carbocycles. The normalized spacial score (nSPS) is 16.2. The maximum atomic E-state index is 13.9. The number of primary amides is 1. The van der Waals surface area contributed by atoms with Crippen LogP contribution in [0.2, 0.25) is 0 Å². The molecule has 164 valence electrons. The van der Waals surface area contributed by atoms with Gasteiger partial charge in [-0.05, 0) is 42.8 Å². The summed E-state index contributed by atoms with van der Waals surface area (Å²) >= 11 is 0. The van der Waals surface area contributed by atoms with E-state index < -0.39 is 0 Å². The molecule has 2 aliphatic rings. The predicted molar refractivity (Wildman–Crippen MR) is 124 cm³/mol. The second-order valence-electron chi connectivity index (χ2n) is 8.06. The minimum absolute atomic E-state index is 0.162. The number of aromatic nitrogens is 1. The van der Waals surface area contributed by atoms with E-state index in [9.17, 15) is 9.18 Å². The zero-order valence-corrected chi connectivity index (χ0v) is 18.0. The summed E-state index contributed by atoms with van der Waals surface area (Å²) in [5.41, 5.74) is 9.21. The fraction of sp³-hybridized carbons (Fsp3) is 0.375. The quantitative estimate of drug-likeness (QED) is 0.677. The molecule has 1 fully saturated rings. The number of para-hydroxylation sites is 1. The number of nitrogens with two attached hydrogens (primary N) is 1. The highest BCUT2D eigenvalue weighted by atomic mass is 19.1. The van der Waals surface area contributed by atoms with Gasteiger partial charge in [-0.3, -0.25) is 4.79 Å². The average molecular weight is 424 g/mol. The molecule has 0 saturated carbocycles. The molecule has 1 saturated heterocycles. The molecule has 31 heavy (non-hydrogen) atoms. The number of anilines is 2. The Balaban J connectivity index is 0.000000158. The lowest BCUT2D eigenvalue weighted by Crippen LogP contribution is -2.46. The molecule has 7 heteroatoms. The first-order chi connectivity index (χ1) is 15.0. The maximum Gasteiger partial charge on any atom is 0.236 e. The minimum Gasteiger partial charge on any atom is -0.369 e. The summed E-state index contributed by atoms with van der Waals surface area (Å²) < 4.78 is 13.9. The average Bonchev–Trinajstić information content (AvgIpc) is 3.42. The van der Waals surface area contributed by atoms with Crippen LogP contribution in [0.25, 0.3) is 10.9 Å². The predicted octanol–water partition coefficient (Wildman–Crippen LogP) is 2.98. The van der Waals surface area contributed by atoms with Gasteiger partial charge in [0.1, 0.15) is 5.82 Å². The number of nitrogens with one attached hydrogen (secondary N) is 1. The third kappa shape index (κ3) is 4.82. The molecule has 3 aromatic rings. The third-order valence-electron chi connectivity index (χ3n) is 6.11. The lowest BCUT2D eigenvalue weighted by Gasteiger charge is -2.35. The number of H-pyrrole nitrogens is 1. The van der Waals surface area contributed by atoms with Crippen LogP contribution in [0.15, 0.2) is 48.7 Å². The van der Waals surface area contributed by atoms with Gasteiger partial charge in [0.15, 0.2) is 0 Å². The summed E-state index contributed by atoms with van der Waals surface area (Å²) in [5.74, 6) is -0.429. The highest BCUT2D eigenvalue weighted by Crippen LogP contribution is 2.27. The van der Waals surface area contributed by atoms with Crippen molar-refractivity contribution in [2.45, 2.75) is 13.3 Å². The van der Waals surface area contributed by atoms with Gasteiger partial charge < -0.3 is 25.4 Å². The van der Waals surface area contributed by atoms with Gasteiger partial charge in [-0.15, -0.1) is 0 Å². The van der Waals surface area contributed by atoms with Crippen LogP contribution in [0.5, 0.6) is 0 Å². The Morgan fingerprint density at radius 2 is 1.87 bits per heavy atom. The number of hydrogen-bond donors (Lipinski definition) is 2. The van der Waals surface area contributed by atoms with E-state index in [1.54, 1.807) is 12.3 Å². The zero-order valence-electron chi connectivity index (χ0n) is 18.0. The second-order valence-corrected chi connectivity index (χ2v) is 8.06. The fourth-order valence-electron chi connectivity index (χ4n) is 4.38. The Kier molecular flexibility index (Phi) is 6.42. The zero-order chi connectivity index (χ0) is 21.8. The van der Waals surface area contributed by atoms with E-state index in [0.717, 1.165) is 62.5 Å². The van der Waals surface area contributed by atoms with Gasteiger partial charge in [0.25, 0.3) is 0 Å². The maximum absolute atomic E-state index is 13.9. The molecule has 1 aromatic heterocycles. The summed E-state index contributed by atoms with van der Waals surface area (Å²) in [5, 5.41) is 0.947. The van der Waals surface area contributed by atoms with Gasteiger partial charge in [0.2, 0.25) is 5.91 Å². The van der Waals surface area contributed by atoms with Crippen LogP contribution in [0.3, 0.4) is 0 Å². The van der Waals surface area contributed by atoms with Crippen molar-refractivity contribution in [3.63, 3.8) is 0 Å². The first kappa shape index (κ1) is 21.2. The van der Waals surface area contributed by atoms with Crippen molar-refractivity contribution in [2.24, 2.45) is 5.73 Å². The molecule has 6 nitrogen and oxygen atoms in total. The fourth-order valence-corrected chi connectivity index (χ4v) is 4.38. The number of fused-ring (bicyclic) bond motifs is 2. The first-order valence-electron chi connectivity index (χ1n) is 10.9. The number of rotatable bonds is 4. The van der Waals surface area contributed by atoms with Crippen molar-refractivity contribution in [1.29, 1.82) is 0 Å². The summed E-state index contributed by atoms with van der Waals surface area (Å²) in [7, 11) is 0. The van der Waals surface area contributed by atoms with Crippen LogP contribution in [-0.2, 0) is 11.2 Å². The number of amides is 1. The van der Waals surface area contributed by atoms with Crippen LogP contribution in [-0.4, -0.2) is 61.6 Å².